The van der Waals surface area contributed by atoms with Crippen LogP contribution in [-0.2, 0) is 10.2 Å². The maximum absolute atomic E-state index is 11.8. The molecule has 4 heteroatoms. The maximum Gasteiger partial charge on any atom is 0.514 e. The van der Waals surface area contributed by atoms with Crippen molar-refractivity contribution in [3.05, 3.63) is 23.8 Å². The van der Waals surface area contributed by atoms with Crippen LogP contribution in [0.15, 0.2) is 18.2 Å². The molecule has 128 valence electrons. The molecule has 0 heterocycles. The molecule has 1 aromatic rings. The maximum atomic E-state index is 11.8. The van der Waals surface area contributed by atoms with Gasteiger partial charge in [-0.1, -0.05) is 26.8 Å². The van der Waals surface area contributed by atoms with Crippen LogP contribution in [0.4, 0.5) is 4.79 Å². The Morgan fingerprint density at radius 3 is 2.30 bits per heavy atom. The van der Waals surface area contributed by atoms with Gasteiger partial charge in [0.15, 0.2) is 0 Å². The Bertz CT molecular complexity index is 560. The Balaban J connectivity index is 2.14. The monoisotopic (exact) mass is 320 g/mol. The summed E-state index contributed by atoms with van der Waals surface area (Å²) in [7, 11) is 0. The number of ether oxygens (including phenoxy) is 3. The predicted molar refractivity (Wildman–Crippen MR) is 90.2 cm³/mol. The summed E-state index contributed by atoms with van der Waals surface area (Å²) in [5.41, 5.74) is 0.492. The highest BCUT2D eigenvalue weighted by Crippen LogP contribution is 2.36. The lowest BCUT2D eigenvalue weighted by molar-refractivity contribution is 0.0206. The van der Waals surface area contributed by atoms with Crippen LogP contribution in [0.1, 0.15) is 59.9 Å². The zero-order valence-electron chi connectivity index (χ0n) is 15.1. The van der Waals surface area contributed by atoms with E-state index in [0.29, 0.717) is 11.7 Å². The van der Waals surface area contributed by atoms with Gasteiger partial charge in [-0.05, 0) is 56.6 Å². The molecule has 0 radical (unpaired) electrons. The van der Waals surface area contributed by atoms with Gasteiger partial charge in [0.1, 0.15) is 17.1 Å². The van der Waals surface area contributed by atoms with Crippen molar-refractivity contribution in [2.75, 3.05) is 6.61 Å². The van der Waals surface area contributed by atoms with E-state index in [4.69, 9.17) is 14.2 Å². The van der Waals surface area contributed by atoms with E-state index >= 15 is 0 Å². The van der Waals surface area contributed by atoms with Crippen molar-refractivity contribution in [2.24, 2.45) is 5.92 Å². The van der Waals surface area contributed by atoms with Crippen LogP contribution >= 0.6 is 0 Å². The number of hydrogen-bond acceptors (Lipinski definition) is 4. The lowest BCUT2D eigenvalue weighted by Crippen LogP contribution is -2.26. The number of rotatable bonds is 4. The second-order valence-corrected chi connectivity index (χ2v) is 8.23. The van der Waals surface area contributed by atoms with Crippen molar-refractivity contribution in [3.8, 4) is 11.5 Å². The minimum Gasteiger partial charge on any atom is -0.493 e. The van der Waals surface area contributed by atoms with E-state index in [1.54, 1.807) is 32.9 Å². The minimum absolute atomic E-state index is 0.0384. The molecule has 0 aromatic heterocycles. The molecule has 1 aromatic carbocycles. The first kappa shape index (κ1) is 17.6. The Kier molecular flexibility index (Phi) is 4.92. The van der Waals surface area contributed by atoms with Gasteiger partial charge < -0.3 is 14.2 Å². The van der Waals surface area contributed by atoms with Crippen molar-refractivity contribution < 1.29 is 19.0 Å². The molecule has 4 nitrogen and oxygen atoms in total. The van der Waals surface area contributed by atoms with Crippen LogP contribution in [0.5, 0.6) is 11.5 Å². The van der Waals surface area contributed by atoms with E-state index in [-0.39, 0.29) is 5.41 Å². The number of carbonyl (C=O) groups excluding carboxylic acids is 1. The lowest BCUT2D eigenvalue weighted by atomic mass is 9.86. The molecule has 0 atom stereocenters. The molecule has 1 aliphatic rings. The van der Waals surface area contributed by atoms with E-state index in [2.05, 4.69) is 20.8 Å². The molecule has 1 fully saturated rings. The summed E-state index contributed by atoms with van der Waals surface area (Å²) >= 11 is 0. The largest absolute Gasteiger partial charge is 0.514 e. The highest BCUT2D eigenvalue weighted by atomic mass is 16.7. The number of hydrogen-bond donors (Lipinski definition) is 0. The first-order chi connectivity index (χ1) is 10.5. The van der Waals surface area contributed by atoms with Crippen LogP contribution in [0.2, 0.25) is 0 Å². The van der Waals surface area contributed by atoms with Crippen LogP contribution in [0, 0.1) is 5.92 Å². The van der Waals surface area contributed by atoms with Gasteiger partial charge in [0.2, 0.25) is 0 Å². The molecule has 1 aliphatic carbocycles. The first-order valence-electron chi connectivity index (χ1n) is 8.23. The number of benzene rings is 1. The third-order valence-corrected chi connectivity index (χ3v) is 3.52. The van der Waals surface area contributed by atoms with Gasteiger partial charge in [-0.15, -0.1) is 0 Å². The zero-order valence-corrected chi connectivity index (χ0v) is 15.1. The molecular formula is C19H28O4. The first-order valence-corrected chi connectivity index (χ1v) is 8.23. The van der Waals surface area contributed by atoms with E-state index < -0.39 is 11.8 Å². The van der Waals surface area contributed by atoms with Gasteiger partial charge in [-0.2, -0.15) is 0 Å². The van der Waals surface area contributed by atoms with Crippen LogP contribution in [-0.4, -0.2) is 18.4 Å². The summed E-state index contributed by atoms with van der Waals surface area (Å²) in [6, 6.07) is 5.53. The van der Waals surface area contributed by atoms with Crippen molar-refractivity contribution in [3.63, 3.8) is 0 Å². The van der Waals surface area contributed by atoms with Gasteiger partial charge in [0, 0.05) is 6.07 Å². The molecule has 0 aliphatic heterocycles. The minimum atomic E-state index is -0.700. The van der Waals surface area contributed by atoms with Crippen LogP contribution in [0.25, 0.3) is 0 Å². The Morgan fingerprint density at radius 2 is 1.78 bits per heavy atom. The summed E-state index contributed by atoms with van der Waals surface area (Å²) in [6.07, 6.45) is 1.77. The molecule has 0 spiro atoms. The fraction of sp³-hybridized carbons (Fsp3) is 0.632. The molecule has 1 saturated carbocycles. The van der Waals surface area contributed by atoms with E-state index in [1.165, 1.54) is 12.8 Å². The molecule has 2 rings (SSSR count). The van der Waals surface area contributed by atoms with Gasteiger partial charge in [-0.25, -0.2) is 4.79 Å². The fourth-order valence-electron chi connectivity index (χ4n) is 2.16. The van der Waals surface area contributed by atoms with E-state index in [1.807, 2.05) is 6.07 Å². The summed E-state index contributed by atoms with van der Waals surface area (Å²) < 4.78 is 16.4. The highest BCUT2D eigenvalue weighted by molar-refractivity contribution is 5.65. The molecule has 0 N–H and O–H groups in total. The van der Waals surface area contributed by atoms with Gasteiger partial charge in [0.05, 0.1) is 6.61 Å². The molecule has 0 saturated heterocycles. The van der Waals surface area contributed by atoms with Crippen molar-refractivity contribution in [2.45, 2.75) is 65.4 Å². The average molecular weight is 320 g/mol. The van der Waals surface area contributed by atoms with Crippen molar-refractivity contribution in [1.82, 2.24) is 0 Å². The van der Waals surface area contributed by atoms with E-state index in [9.17, 15) is 4.79 Å². The van der Waals surface area contributed by atoms with Crippen molar-refractivity contribution in [1.29, 1.82) is 0 Å². The summed E-state index contributed by atoms with van der Waals surface area (Å²) in [5, 5.41) is 0. The van der Waals surface area contributed by atoms with Crippen LogP contribution < -0.4 is 9.47 Å². The van der Waals surface area contributed by atoms with E-state index in [0.717, 1.165) is 17.9 Å². The fourth-order valence-corrected chi connectivity index (χ4v) is 2.16. The van der Waals surface area contributed by atoms with Crippen LogP contribution in [0.3, 0.4) is 0 Å². The topological polar surface area (TPSA) is 44.8 Å². The third kappa shape index (κ3) is 5.77. The SMILES string of the molecule is CC(C)(C)OC(=O)Oc1ccc(C(C)(C)C)c(OCC2CC2)c1. The second-order valence-electron chi connectivity index (χ2n) is 8.23. The highest BCUT2D eigenvalue weighted by Gasteiger charge is 2.25. The summed E-state index contributed by atoms with van der Waals surface area (Å²) in [6.45, 7) is 12.6. The molecule has 0 amide bonds. The third-order valence-electron chi connectivity index (χ3n) is 3.52. The lowest BCUT2D eigenvalue weighted by Gasteiger charge is -2.24. The molecule has 23 heavy (non-hydrogen) atoms. The summed E-state index contributed by atoms with van der Waals surface area (Å²) in [4.78, 5) is 11.8. The van der Waals surface area contributed by atoms with Gasteiger partial charge in [0.25, 0.3) is 0 Å². The average Bonchev–Trinajstić information content (AvgIpc) is 3.16. The smallest absolute Gasteiger partial charge is 0.493 e. The predicted octanol–water partition coefficient (Wildman–Crippen LogP) is 5.09. The Labute approximate surface area is 139 Å². The zero-order chi connectivity index (χ0) is 17.3. The Morgan fingerprint density at radius 1 is 1.13 bits per heavy atom. The standard InChI is InChI=1S/C19H28O4/c1-18(2,3)15-10-9-14(22-17(20)23-19(4,5)6)11-16(15)21-12-13-7-8-13/h9-11,13H,7-8,12H2,1-6H3. The molecule has 0 unspecified atom stereocenters. The van der Waals surface area contributed by atoms with Crippen molar-refractivity contribution >= 4 is 6.16 Å². The molecular weight excluding hydrogens is 292 g/mol. The van der Waals surface area contributed by atoms with Gasteiger partial charge >= 0.3 is 6.16 Å². The number of carbonyl (C=O) groups is 1. The summed E-state index contributed by atoms with van der Waals surface area (Å²) in [5.74, 6) is 1.89. The molecule has 0 bridgehead atoms. The normalized spacial score (nSPS) is 15.2. The van der Waals surface area contributed by atoms with Gasteiger partial charge in [-0.3, -0.25) is 0 Å². The second kappa shape index (κ2) is 6.42. The quantitative estimate of drug-likeness (QED) is 0.573. The Hall–Kier alpha value is -1.71.